The summed E-state index contributed by atoms with van der Waals surface area (Å²) in [6.45, 7) is 7.26. The van der Waals surface area contributed by atoms with E-state index in [4.69, 9.17) is 0 Å². The van der Waals surface area contributed by atoms with Crippen molar-refractivity contribution in [1.82, 2.24) is 10.9 Å². The minimum absolute atomic E-state index is 0.293. The Balaban J connectivity index is 2.51. The van der Waals surface area contributed by atoms with E-state index in [1.54, 1.807) is 6.08 Å². The fourth-order valence-corrected chi connectivity index (χ4v) is 0.736. The zero-order valence-corrected chi connectivity index (χ0v) is 6.38. The lowest BCUT2D eigenvalue weighted by atomic mass is 10.2. The Kier molecular flexibility index (Phi) is 2.83. The second-order valence-electron chi connectivity index (χ2n) is 2.21. The zero-order chi connectivity index (χ0) is 8.10. The normalized spacial score (nSPS) is 18.7. The van der Waals surface area contributed by atoms with Gasteiger partial charge in [-0.25, -0.2) is 10.9 Å². The molecule has 1 rings (SSSR count). The molecule has 0 bridgehead atoms. The number of hydrazine groups is 1. The summed E-state index contributed by atoms with van der Waals surface area (Å²) in [5.41, 5.74) is 7.07. The molecule has 0 aromatic heterocycles. The van der Waals surface area contributed by atoms with Gasteiger partial charge in [-0.2, -0.15) is 0 Å². The molecule has 0 atom stereocenters. The highest BCUT2D eigenvalue weighted by Crippen LogP contribution is 2.06. The van der Waals surface area contributed by atoms with Gasteiger partial charge in [0.05, 0.1) is 0 Å². The first-order valence-corrected chi connectivity index (χ1v) is 3.51. The molecule has 0 aromatic rings. The molecule has 0 unspecified atom stereocenters. The molecule has 1 heterocycles. The second kappa shape index (κ2) is 3.91. The van der Waals surface area contributed by atoms with Gasteiger partial charge in [-0.05, 0) is 5.57 Å². The Hall–Kier alpha value is -1.12. The highest BCUT2D eigenvalue weighted by Gasteiger charge is 2.20. The van der Waals surface area contributed by atoms with Crippen LogP contribution in [0.1, 0.15) is 0 Å². The number of rotatable bonds is 4. The molecule has 2 N–H and O–H groups in total. The fourth-order valence-electron chi connectivity index (χ4n) is 0.736. The number of hydrogen-bond acceptors (Lipinski definition) is 2. The molecule has 1 fully saturated rings. The second-order valence-corrected chi connectivity index (χ2v) is 2.21. The minimum atomic E-state index is 0.293. The standard InChI is InChI=1S/C9H12N2/c1-3-5-6-7-8(4-2)9-10-11-9/h3-7,9-11H,1-2H2/b6-5-,8-7+. The summed E-state index contributed by atoms with van der Waals surface area (Å²) >= 11 is 0. The van der Waals surface area contributed by atoms with Crippen molar-refractivity contribution in [2.45, 2.75) is 6.17 Å². The molecule has 0 radical (unpaired) electrons. The van der Waals surface area contributed by atoms with E-state index in [0.717, 1.165) is 5.57 Å². The predicted molar refractivity (Wildman–Crippen MR) is 47.7 cm³/mol. The maximum atomic E-state index is 3.69. The van der Waals surface area contributed by atoms with Crippen LogP contribution in [0.5, 0.6) is 0 Å². The average Bonchev–Trinajstić information content (AvgIpc) is 2.81. The van der Waals surface area contributed by atoms with Gasteiger partial charge in [-0.15, -0.1) is 0 Å². The van der Waals surface area contributed by atoms with Crippen molar-refractivity contribution in [1.29, 1.82) is 0 Å². The summed E-state index contributed by atoms with van der Waals surface area (Å²) in [7, 11) is 0. The molecule has 2 heteroatoms. The van der Waals surface area contributed by atoms with Crippen LogP contribution in [0.4, 0.5) is 0 Å². The van der Waals surface area contributed by atoms with Gasteiger partial charge in [-0.1, -0.05) is 43.5 Å². The quantitative estimate of drug-likeness (QED) is 0.466. The van der Waals surface area contributed by atoms with Gasteiger partial charge in [0, 0.05) is 0 Å². The lowest BCUT2D eigenvalue weighted by molar-refractivity contribution is 1.14. The molecular weight excluding hydrogens is 136 g/mol. The highest BCUT2D eigenvalue weighted by molar-refractivity contribution is 5.30. The molecular formula is C9H12N2. The molecule has 0 aliphatic carbocycles. The molecule has 11 heavy (non-hydrogen) atoms. The molecule has 1 aliphatic heterocycles. The predicted octanol–water partition coefficient (Wildman–Crippen LogP) is 1.27. The van der Waals surface area contributed by atoms with Gasteiger partial charge in [-0.3, -0.25) is 0 Å². The summed E-state index contributed by atoms with van der Waals surface area (Å²) < 4.78 is 0. The third-order valence-corrected chi connectivity index (χ3v) is 1.39. The zero-order valence-electron chi connectivity index (χ0n) is 6.38. The van der Waals surface area contributed by atoms with E-state index < -0.39 is 0 Å². The monoisotopic (exact) mass is 148 g/mol. The van der Waals surface area contributed by atoms with E-state index in [2.05, 4.69) is 24.0 Å². The van der Waals surface area contributed by atoms with Crippen LogP contribution in [-0.2, 0) is 0 Å². The van der Waals surface area contributed by atoms with Crippen molar-refractivity contribution >= 4 is 0 Å². The van der Waals surface area contributed by atoms with Crippen LogP contribution >= 0.6 is 0 Å². The summed E-state index contributed by atoms with van der Waals surface area (Å²) in [4.78, 5) is 0. The minimum Gasteiger partial charge on any atom is -0.234 e. The third kappa shape index (κ3) is 2.53. The number of nitrogens with one attached hydrogen (secondary N) is 2. The molecule has 58 valence electrons. The van der Waals surface area contributed by atoms with Crippen molar-refractivity contribution in [3.8, 4) is 0 Å². The Morgan fingerprint density at radius 2 is 1.91 bits per heavy atom. The van der Waals surface area contributed by atoms with Crippen LogP contribution in [-0.4, -0.2) is 6.17 Å². The maximum Gasteiger partial charge on any atom is 0.109 e. The molecule has 0 amide bonds. The van der Waals surface area contributed by atoms with E-state index in [0.29, 0.717) is 6.17 Å². The van der Waals surface area contributed by atoms with Crippen molar-refractivity contribution in [3.63, 3.8) is 0 Å². The Labute approximate surface area is 67.0 Å². The number of hydrogen-bond donors (Lipinski definition) is 2. The summed E-state index contributed by atoms with van der Waals surface area (Å²) in [6.07, 6.45) is 9.67. The van der Waals surface area contributed by atoms with E-state index in [1.807, 2.05) is 24.3 Å². The Morgan fingerprint density at radius 1 is 1.18 bits per heavy atom. The Morgan fingerprint density at radius 3 is 2.36 bits per heavy atom. The first-order chi connectivity index (χ1) is 5.38. The van der Waals surface area contributed by atoms with Crippen LogP contribution in [0.3, 0.4) is 0 Å². The van der Waals surface area contributed by atoms with Gasteiger partial charge in [0.15, 0.2) is 0 Å². The van der Waals surface area contributed by atoms with Gasteiger partial charge in [0.25, 0.3) is 0 Å². The molecule has 1 saturated heterocycles. The third-order valence-electron chi connectivity index (χ3n) is 1.39. The van der Waals surface area contributed by atoms with Crippen molar-refractivity contribution in [3.05, 3.63) is 49.1 Å². The summed E-state index contributed by atoms with van der Waals surface area (Å²) in [6, 6.07) is 0. The first-order valence-electron chi connectivity index (χ1n) is 3.51. The lowest BCUT2D eigenvalue weighted by Crippen LogP contribution is -1.93. The Bertz CT molecular complexity index is 210. The van der Waals surface area contributed by atoms with Crippen molar-refractivity contribution in [2.75, 3.05) is 0 Å². The van der Waals surface area contributed by atoms with Crippen molar-refractivity contribution in [2.24, 2.45) is 0 Å². The fraction of sp³-hybridized carbons (Fsp3) is 0.111. The largest absolute Gasteiger partial charge is 0.234 e. The van der Waals surface area contributed by atoms with Gasteiger partial charge in [0.1, 0.15) is 6.17 Å². The summed E-state index contributed by atoms with van der Waals surface area (Å²) in [5, 5.41) is 0. The van der Waals surface area contributed by atoms with E-state index in [-0.39, 0.29) is 0 Å². The van der Waals surface area contributed by atoms with Crippen LogP contribution < -0.4 is 10.9 Å². The molecule has 0 spiro atoms. The first kappa shape index (κ1) is 7.98. The lowest BCUT2D eigenvalue weighted by Gasteiger charge is -1.90. The van der Waals surface area contributed by atoms with Crippen LogP contribution in [0.2, 0.25) is 0 Å². The van der Waals surface area contributed by atoms with Gasteiger partial charge in [0.2, 0.25) is 0 Å². The SMILES string of the molecule is C=C/C=C\C=C(/C=C)C1NN1. The van der Waals surface area contributed by atoms with Gasteiger partial charge < -0.3 is 0 Å². The van der Waals surface area contributed by atoms with E-state index >= 15 is 0 Å². The molecule has 0 aromatic carbocycles. The highest BCUT2D eigenvalue weighted by atomic mass is 15.6. The van der Waals surface area contributed by atoms with E-state index in [1.165, 1.54) is 0 Å². The van der Waals surface area contributed by atoms with Crippen LogP contribution in [0.15, 0.2) is 49.1 Å². The molecule has 2 nitrogen and oxygen atoms in total. The molecule has 0 saturated carbocycles. The van der Waals surface area contributed by atoms with Crippen LogP contribution in [0.25, 0.3) is 0 Å². The van der Waals surface area contributed by atoms with E-state index in [9.17, 15) is 0 Å². The van der Waals surface area contributed by atoms with Crippen molar-refractivity contribution < 1.29 is 0 Å². The van der Waals surface area contributed by atoms with Gasteiger partial charge >= 0.3 is 0 Å². The summed E-state index contributed by atoms with van der Waals surface area (Å²) in [5.74, 6) is 0. The maximum absolute atomic E-state index is 3.69. The average molecular weight is 148 g/mol. The van der Waals surface area contributed by atoms with Crippen LogP contribution in [0, 0.1) is 0 Å². The smallest absolute Gasteiger partial charge is 0.109 e. The number of allylic oxidation sites excluding steroid dienone is 4. The topological polar surface area (TPSA) is 43.9 Å². The molecule has 1 aliphatic rings.